The Morgan fingerprint density at radius 3 is 1.25 bits per heavy atom. The van der Waals surface area contributed by atoms with Crippen LogP contribution in [0.25, 0.3) is 0 Å². The van der Waals surface area contributed by atoms with E-state index in [0.29, 0.717) is 39.4 Å². The van der Waals surface area contributed by atoms with Crippen molar-refractivity contribution in [3.05, 3.63) is 70.8 Å². The first-order valence-electron chi connectivity index (χ1n) is 13.3. The van der Waals surface area contributed by atoms with Gasteiger partial charge in [-0.15, -0.1) is 0 Å². The second kappa shape index (κ2) is 16.0. The van der Waals surface area contributed by atoms with Gasteiger partial charge in [0.05, 0.1) is 0 Å². The first-order valence-corrected chi connectivity index (χ1v) is 20.0. The first-order chi connectivity index (χ1) is 18.8. The number of amides is 2. The molecule has 2 aromatic carbocycles. The average Bonchev–Trinajstić information content (AvgIpc) is 2.91. The molecule has 0 aliphatic heterocycles. The summed E-state index contributed by atoms with van der Waals surface area (Å²) >= 11 is 0.708. The van der Waals surface area contributed by atoms with Crippen molar-refractivity contribution in [2.45, 2.75) is 75.9 Å². The fraction of sp³-hybridized carbons (Fsp3) is 0.467. The molecule has 0 atom stereocenters. The Bertz CT molecular complexity index is 1070. The van der Waals surface area contributed by atoms with Gasteiger partial charge in [-0.25, -0.2) is 0 Å². The van der Waals surface area contributed by atoms with Crippen molar-refractivity contribution in [3.8, 4) is 0 Å². The van der Waals surface area contributed by atoms with E-state index in [1.54, 1.807) is 0 Å². The standard InChI is InChI=1S/C30H42N4O4Se2/c1-29(2,3)23-11-7-21(8-12-23)19-25(33-37)27(35)31-15-17-39-40-18-16-32-28(36)26(34-38)20-22-9-13-24(14-10-22)30(4,5)6/h7-14,37-38H,15-20H2,1-6H3,(H,31,35)(H,32,36)/b33-25+,34-26+. The maximum atomic E-state index is 12.4. The summed E-state index contributed by atoms with van der Waals surface area (Å²) in [6, 6.07) is 16.0. The minimum atomic E-state index is -0.359. The Morgan fingerprint density at radius 1 is 0.650 bits per heavy atom. The molecule has 0 bridgehead atoms. The maximum absolute atomic E-state index is 12.4. The Balaban J connectivity index is 1.63. The van der Waals surface area contributed by atoms with E-state index in [-0.39, 0.29) is 46.9 Å². The van der Waals surface area contributed by atoms with Crippen LogP contribution in [0.3, 0.4) is 0 Å². The Hall–Kier alpha value is -2.64. The summed E-state index contributed by atoms with van der Waals surface area (Å²) in [4.78, 5) is 24.9. The fourth-order valence-electron chi connectivity index (χ4n) is 3.69. The number of carbonyl (C=O) groups excluding carboxylic acids is 2. The summed E-state index contributed by atoms with van der Waals surface area (Å²) in [5.41, 5.74) is 4.53. The zero-order valence-electron chi connectivity index (χ0n) is 24.3. The number of nitrogens with zero attached hydrogens (tertiary/aromatic N) is 2. The Labute approximate surface area is 249 Å². The molecule has 2 amide bonds. The van der Waals surface area contributed by atoms with Crippen LogP contribution in [0.2, 0.25) is 10.6 Å². The van der Waals surface area contributed by atoms with Gasteiger partial charge in [-0.3, -0.25) is 0 Å². The number of hydrogen-bond acceptors (Lipinski definition) is 6. The number of carbonyl (C=O) groups is 2. The quantitative estimate of drug-likeness (QED) is 0.0836. The molecule has 0 radical (unpaired) electrons. The van der Waals surface area contributed by atoms with Crippen molar-refractivity contribution in [2.24, 2.45) is 10.3 Å². The van der Waals surface area contributed by atoms with E-state index in [0.717, 1.165) is 21.8 Å². The molecule has 0 aromatic heterocycles. The van der Waals surface area contributed by atoms with Gasteiger partial charge in [0.25, 0.3) is 0 Å². The van der Waals surface area contributed by atoms with Gasteiger partial charge in [0, 0.05) is 0 Å². The van der Waals surface area contributed by atoms with Crippen LogP contribution < -0.4 is 10.6 Å². The predicted molar refractivity (Wildman–Crippen MR) is 163 cm³/mol. The molecule has 0 saturated heterocycles. The molecular formula is C30H42N4O4Se2. The van der Waals surface area contributed by atoms with Gasteiger partial charge in [0.15, 0.2) is 0 Å². The molecule has 0 unspecified atom stereocenters. The third-order valence-electron chi connectivity index (χ3n) is 6.17. The van der Waals surface area contributed by atoms with Crippen LogP contribution in [0.5, 0.6) is 0 Å². The van der Waals surface area contributed by atoms with E-state index in [4.69, 9.17) is 0 Å². The minimum absolute atomic E-state index is 0.0502. The molecule has 0 aliphatic carbocycles. The molecule has 2 rings (SSSR count). The first kappa shape index (κ1) is 33.6. The number of benzene rings is 2. The third-order valence-corrected chi connectivity index (χ3v) is 13.5. The molecule has 4 N–H and O–H groups in total. The van der Waals surface area contributed by atoms with Gasteiger partial charge < -0.3 is 0 Å². The summed E-state index contributed by atoms with van der Waals surface area (Å²) in [6.45, 7) is 13.9. The number of hydrogen-bond donors (Lipinski definition) is 4. The van der Waals surface area contributed by atoms with E-state index in [1.807, 2.05) is 48.5 Å². The van der Waals surface area contributed by atoms with Crippen LogP contribution in [0.15, 0.2) is 58.8 Å². The molecule has 8 nitrogen and oxygen atoms in total. The summed E-state index contributed by atoms with van der Waals surface area (Å²) < 4.78 is 0. The zero-order chi connectivity index (χ0) is 29.8. The molecule has 0 heterocycles. The second-order valence-electron chi connectivity index (χ2n) is 11.5. The topological polar surface area (TPSA) is 123 Å². The summed E-state index contributed by atoms with van der Waals surface area (Å²) in [5, 5.41) is 32.5. The van der Waals surface area contributed by atoms with Crippen molar-refractivity contribution in [3.63, 3.8) is 0 Å². The van der Waals surface area contributed by atoms with E-state index in [2.05, 4.69) is 62.5 Å². The molecule has 40 heavy (non-hydrogen) atoms. The van der Waals surface area contributed by atoms with Crippen molar-refractivity contribution in [2.75, 3.05) is 13.1 Å². The van der Waals surface area contributed by atoms with E-state index >= 15 is 0 Å². The van der Waals surface area contributed by atoms with Crippen LogP contribution >= 0.6 is 0 Å². The molecule has 0 aliphatic rings. The van der Waals surface area contributed by atoms with E-state index in [1.165, 1.54) is 11.1 Å². The number of rotatable bonds is 13. The van der Waals surface area contributed by atoms with E-state index in [9.17, 15) is 20.0 Å². The van der Waals surface area contributed by atoms with Crippen LogP contribution in [0.4, 0.5) is 0 Å². The monoisotopic (exact) mass is 682 g/mol. The van der Waals surface area contributed by atoms with Gasteiger partial charge in [-0.05, 0) is 0 Å². The molecule has 0 fully saturated rings. The molecule has 218 valence electrons. The Morgan fingerprint density at radius 2 is 0.975 bits per heavy atom. The average molecular weight is 681 g/mol. The van der Waals surface area contributed by atoms with Crippen LogP contribution in [0, 0.1) is 0 Å². The SMILES string of the molecule is CC(C)(C)c1ccc(C/C(=N\O)C(=O)NCC[Se][Se]CCNC(=O)/C(Cc2ccc(C(C)(C)C)cc2)=N/O)cc1. The second-order valence-corrected chi connectivity index (χ2v) is 19.3. The summed E-state index contributed by atoms with van der Waals surface area (Å²) in [7, 11) is 0. The molecule has 2 aromatic rings. The van der Waals surface area contributed by atoms with Crippen molar-refractivity contribution in [1.82, 2.24) is 10.6 Å². The van der Waals surface area contributed by atoms with Gasteiger partial charge in [-0.1, -0.05) is 0 Å². The van der Waals surface area contributed by atoms with Crippen molar-refractivity contribution < 1.29 is 20.0 Å². The third kappa shape index (κ3) is 11.5. The number of oxime groups is 2. The normalized spacial score (nSPS) is 12.8. The van der Waals surface area contributed by atoms with Crippen molar-refractivity contribution >= 4 is 49.5 Å². The van der Waals surface area contributed by atoms with E-state index < -0.39 is 0 Å². The fourth-order valence-corrected chi connectivity index (χ4v) is 9.35. The van der Waals surface area contributed by atoms with Gasteiger partial charge in [0.2, 0.25) is 0 Å². The van der Waals surface area contributed by atoms with Crippen LogP contribution in [-0.4, -0.2) is 73.0 Å². The predicted octanol–water partition coefficient (Wildman–Crippen LogP) is 4.12. The summed E-state index contributed by atoms with van der Waals surface area (Å²) in [5.74, 6) is -0.719. The number of nitrogens with one attached hydrogen (secondary N) is 2. The molecule has 0 spiro atoms. The van der Waals surface area contributed by atoms with Gasteiger partial charge in [0.1, 0.15) is 0 Å². The zero-order valence-corrected chi connectivity index (χ0v) is 27.7. The van der Waals surface area contributed by atoms with Gasteiger partial charge in [-0.2, -0.15) is 0 Å². The molecule has 0 saturated carbocycles. The van der Waals surface area contributed by atoms with Crippen LogP contribution in [0.1, 0.15) is 63.8 Å². The van der Waals surface area contributed by atoms with Gasteiger partial charge >= 0.3 is 250 Å². The van der Waals surface area contributed by atoms with Crippen LogP contribution in [-0.2, 0) is 33.3 Å². The Kier molecular flexibility index (Phi) is 13.4. The molecule has 10 heteroatoms. The molecular weight excluding hydrogens is 638 g/mol. The summed E-state index contributed by atoms with van der Waals surface area (Å²) in [6.07, 6.45) is 0.534. The van der Waals surface area contributed by atoms with Crippen molar-refractivity contribution in [1.29, 1.82) is 0 Å².